The van der Waals surface area contributed by atoms with Crippen LogP contribution in [0.25, 0.3) is 11.1 Å². The predicted molar refractivity (Wildman–Crippen MR) is 75.4 cm³/mol. The quantitative estimate of drug-likeness (QED) is 0.918. The molecule has 19 heavy (non-hydrogen) atoms. The van der Waals surface area contributed by atoms with E-state index in [0.717, 1.165) is 16.7 Å². The van der Waals surface area contributed by atoms with Gasteiger partial charge in [-0.2, -0.15) is 0 Å². The summed E-state index contributed by atoms with van der Waals surface area (Å²) in [6.07, 6.45) is 3.58. The van der Waals surface area contributed by atoms with Crippen molar-refractivity contribution >= 4 is 17.6 Å². The standard InChI is InChI=1S/C15H14ClNO2/c1-10(6-15(18)19)12-7-13(9-17-8-12)11-2-4-14(16)5-3-11/h2-5,7-10H,6H2,1H3,(H,18,19). The van der Waals surface area contributed by atoms with Crippen molar-refractivity contribution in [1.29, 1.82) is 0 Å². The lowest BCUT2D eigenvalue weighted by molar-refractivity contribution is -0.137. The minimum absolute atomic E-state index is 0.0581. The van der Waals surface area contributed by atoms with Gasteiger partial charge in [-0.15, -0.1) is 0 Å². The molecule has 0 amide bonds. The van der Waals surface area contributed by atoms with Gasteiger partial charge >= 0.3 is 5.97 Å². The molecule has 1 N–H and O–H groups in total. The second-order valence-electron chi connectivity index (χ2n) is 4.51. The number of halogens is 1. The first-order valence-electron chi connectivity index (χ1n) is 5.99. The van der Waals surface area contributed by atoms with Crippen LogP contribution in [0.5, 0.6) is 0 Å². The van der Waals surface area contributed by atoms with Crippen LogP contribution in [0.2, 0.25) is 5.02 Å². The molecule has 0 bridgehead atoms. The highest BCUT2D eigenvalue weighted by Gasteiger charge is 2.11. The average Bonchev–Trinajstić information content (AvgIpc) is 2.39. The van der Waals surface area contributed by atoms with Gasteiger partial charge in [-0.1, -0.05) is 30.7 Å². The molecule has 2 rings (SSSR count). The van der Waals surface area contributed by atoms with Crippen molar-refractivity contribution in [3.8, 4) is 11.1 Å². The lowest BCUT2D eigenvalue weighted by atomic mass is 9.96. The maximum Gasteiger partial charge on any atom is 0.303 e. The summed E-state index contributed by atoms with van der Waals surface area (Å²) < 4.78 is 0. The Hall–Kier alpha value is -1.87. The maximum atomic E-state index is 10.7. The number of pyridine rings is 1. The molecular weight excluding hydrogens is 262 g/mol. The fraction of sp³-hybridized carbons (Fsp3) is 0.200. The van der Waals surface area contributed by atoms with E-state index < -0.39 is 5.97 Å². The normalized spacial score (nSPS) is 12.1. The Bertz CT molecular complexity index is 581. The fourth-order valence-electron chi connectivity index (χ4n) is 1.91. The molecule has 0 spiro atoms. The molecule has 1 aromatic heterocycles. The molecule has 1 heterocycles. The first-order valence-corrected chi connectivity index (χ1v) is 6.36. The number of rotatable bonds is 4. The SMILES string of the molecule is CC(CC(=O)O)c1cncc(-c2ccc(Cl)cc2)c1. The zero-order valence-corrected chi connectivity index (χ0v) is 11.3. The molecule has 4 heteroatoms. The zero-order chi connectivity index (χ0) is 13.8. The predicted octanol–water partition coefficient (Wildman–Crippen LogP) is 3.98. The number of carboxylic acid groups (broad SMARTS) is 1. The third-order valence-electron chi connectivity index (χ3n) is 2.99. The Balaban J connectivity index is 2.28. The van der Waals surface area contributed by atoms with E-state index in [1.807, 2.05) is 37.3 Å². The van der Waals surface area contributed by atoms with E-state index >= 15 is 0 Å². The highest BCUT2D eigenvalue weighted by molar-refractivity contribution is 6.30. The zero-order valence-electron chi connectivity index (χ0n) is 10.5. The van der Waals surface area contributed by atoms with Gasteiger partial charge in [-0.3, -0.25) is 9.78 Å². The number of carboxylic acids is 1. The Morgan fingerprint density at radius 1 is 1.26 bits per heavy atom. The van der Waals surface area contributed by atoms with Crippen molar-refractivity contribution in [3.63, 3.8) is 0 Å². The number of hydrogen-bond donors (Lipinski definition) is 1. The third-order valence-corrected chi connectivity index (χ3v) is 3.24. The van der Waals surface area contributed by atoms with Crippen LogP contribution in [0.4, 0.5) is 0 Å². The largest absolute Gasteiger partial charge is 0.481 e. The number of benzene rings is 1. The Labute approximate surface area is 116 Å². The van der Waals surface area contributed by atoms with Crippen molar-refractivity contribution in [3.05, 3.63) is 53.3 Å². The van der Waals surface area contributed by atoms with Crippen molar-refractivity contribution in [2.24, 2.45) is 0 Å². The van der Waals surface area contributed by atoms with Gasteiger partial charge in [0.2, 0.25) is 0 Å². The van der Waals surface area contributed by atoms with Crippen molar-refractivity contribution in [2.75, 3.05) is 0 Å². The maximum absolute atomic E-state index is 10.7. The number of hydrogen-bond acceptors (Lipinski definition) is 2. The second kappa shape index (κ2) is 5.85. The number of nitrogens with zero attached hydrogens (tertiary/aromatic N) is 1. The van der Waals surface area contributed by atoms with Crippen molar-refractivity contribution in [2.45, 2.75) is 19.3 Å². The molecule has 0 aliphatic carbocycles. The molecule has 1 atom stereocenters. The second-order valence-corrected chi connectivity index (χ2v) is 4.95. The van der Waals surface area contributed by atoms with Crippen LogP contribution in [0.15, 0.2) is 42.7 Å². The topological polar surface area (TPSA) is 50.2 Å². The lowest BCUT2D eigenvalue weighted by Gasteiger charge is -2.10. The summed E-state index contributed by atoms with van der Waals surface area (Å²) in [6.45, 7) is 1.89. The van der Waals surface area contributed by atoms with Crippen LogP contribution in [-0.2, 0) is 4.79 Å². The molecular formula is C15H14ClNO2. The number of aliphatic carboxylic acids is 1. The summed E-state index contributed by atoms with van der Waals surface area (Å²) in [6, 6.07) is 9.47. The lowest BCUT2D eigenvalue weighted by Crippen LogP contribution is -2.03. The molecule has 0 aliphatic rings. The highest BCUT2D eigenvalue weighted by atomic mass is 35.5. The summed E-state index contributed by atoms with van der Waals surface area (Å²) in [5.74, 6) is -0.860. The third kappa shape index (κ3) is 3.55. The molecule has 98 valence electrons. The minimum Gasteiger partial charge on any atom is -0.481 e. The van der Waals surface area contributed by atoms with Gasteiger partial charge in [0.05, 0.1) is 6.42 Å². The van der Waals surface area contributed by atoms with Gasteiger partial charge < -0.3 is 5.11 Å². The molecule has 3 nitrogen and oxygen atoms in total. The fourth-order valence-corrected chi connectivity index (χ4v) is 2.03. The van der Waals surface area contributed by atoms with E-state index in [2.05, 4.69) is 4.98 Å². The minimum atomic E-state index is -0.801. The van der Waals surface area contributed by atoms with Gasteiger partial charge in [-0.05, 0) is 35.2 Å². The van der Waals surface area contributed by atoms with E-state index in [1.54, 1.807) is 12.4 Å². The number of carbonyl (C=O) groups is 1. The Morgan fingerprint density at radius 2 is 1.95 bits per heavy atom. The van der Waals surface area contributed by atoms with Crippen LogP contribution in [0, 0.1) is 0 Å². The van der Waals surface area contributed by atoms with Crippen LogP contribution in [0.3, 0.4) is 0 Å². The van der Waals surface area contributed by atoms with Crippen LogP contribution in [-0.4, -0.2) is 16.1 Å². The van der Waals surface area contributed by atoms with E-state index in [0.29, 0.717) is 5.02 Å². The molecule has 0 saturated carbocycles. The molecule has 1 unspecified atom stereocenters. The van der Waals surface area contributed by atoms with E-state index in [4.69, 9.17) is 16.7 Å². The summed E-state index contributed by atoms with van der Waals surface area (Å²) in [5, 5.41) is 9.51. The van der Waals surface area contributed by atoms with Crippen LogP contribution >= 0.6 is 11.6 Å². The summed E-state index contributed by atoms with van der Waals surface area (Å²) >= 11 is 5.86. The van der Waals surface area contributed by atoms with E-state index in [9.17, 15) is 4.79 Å². The Morgan fingerprint density at radius 3 is 2.58 bits per heavy atom. The molecule has 1 aromatic carbocycles. The summed E-state index contributed by atoms with van der Waals surface area (Å²) in [4.78, 5) is 14.9. The number of aromatic nitrogens is 1. The van der Waals surface area contributed by atoms with Gasteiger partial charge in [0, 0.05) is 23.0 Å². The first-order chi connectivity index (χ1) is 9.06. The van der Waals surface area contributed by atoms with Crippen LogP contribution < -0.4 is 0 Å². The highest BCUT2D eigenvalue weighted by Crippen LogP contribution is 2.25. The summed E-state index contributed by atoms with van der Waals surface area (Å²) in [5.41, 5.74) is 2.91. The smallest absolute Gasteiger partial charge is 0.303 e. The van der Waals surface area contributed by atoms with Gasteiger partial charge in [0.25, 0.3) is 0 Å². The van der Waals surface area contributed by atoms with Gasteiger partial charge in [-0.25, -0.2) is 0 Å². The molecule has 0 fully saturated rings. The Kier molecular flexibility index (Phi) is 4.17. The molecule has 2 aromatic rings. The molecule has 0 saturated heterocycles. The first kappa shape index (κ1) is 13.6. The van der Waals surface area contributed by atoms with E-state index in [-0.39, 0.29) is 12.3 Å². The monoisotopic (exact) mass is 275 g/mol. The summed E-state index contributed by atoms with van der Waals surface area (Å²) in [7, 11) is 0. The van der Waals surface area contributed by atoms with Gasteiger partial charge in [0.15, 0.2) is 0 Å². The average molecular weight is 276 g/mol. The van der Waals surface area contributed by atoms with Crippen molar-refractivity contribution in [1.82, 2.24) is 4.98 Å². The van der Waals surface area contributed by atoms with Crippen molar-refractivity contribution < 1.29 is 9.90 Å². The van der Waals surface area contributed by atoms with E-state index in [1.165, 1.54) is 0 Å². The van der Waals surface area contributed by atoms with Crippen LogP contribution in [0.1, 0.15) is 24.8 Å². The molecule has 0 radical (unpaired) electrons. The van der Waals surface area contributed by atoms with Gasteiger partial charge in [0.1, 0.15) is 0 Å². The molecule has 0 aliphatic heterocycles.